The van der Waals surface area contributed by atoms with Crippen molar-refractivity contribution in [2.45, 2.75) is 83.1 Å². The monoisotopic (exact) mass is 501 g/mol. The van der Waals surface area contributed by atoms with E-state index in [0.29, 0.717) is 26.0 Å². The van der Waals surface area contributed by atoms with Gasteiger partial charge >= 0.3 is 12.1 Å². The molecule has 1 amide bonds. The summed E-state index contributed by atoms with van der Waals surface area (Å²) >= 11 is 0. The number of nitrogens with zero attached hydrogens (tertiary/aromatic N) is 1. The first kappa shape index (κ1) is 26.8. The minimum absolute atomic E-state index is 0.0207. The Kier molecular flexibility index (Phi) is 10.1. The number of cyclic esters (lactones) is 1. The van der Waals surface area contributed by atoms with Crippen LogP contribution >= 0.6 is 0 Å². The second-order valence-corrected chi connectivity index (χ2v) is 9.99. The SMILES string of the molecule is CCC[C@@H]1COC(=O)CCCC#CCCCCCCN1C(=O)OCC1c2ccccc2-c2ccccc21. The van der Waals surface area contributed by atoms with Crippen LogP contribution in [0.3, 0.4) is 0 Å². The molecule has 0 N–H and O–H groups in total. The largest absolute Gasteiger partial charge is 0.463 e. The molecule has 1 atom stereocenters. The van der Waals surface area contributed by atoms with Crippen LogP contribution in [-0.4, -0.2) is 42.8 Å². The van der Waals surface area contributed by atoms with E-state index in [-0.39, 0.29) is 30.6 Å². The fourth-order valence-corrected chi connectivity index (χ4v) is 5.37. The summed E-state index contributed by atoms with van der Waals surface area (Å²) in [6, 6.07) is 16.5. The zero-order chi connectivity index (χ0) is 25.9. The molecule has 2 aliphatic rings. The molecule has 0 radical (unpaired) electrons. The van der Waals surface area contributed by atoms with Crippen molar-refractivity contribution in [2.24, 2.45) is 0 Å². The van der Waals surface area contributed by atoms with Gasteiger partial charge in [0.25, 0.3) is 0 Å². The van der Waals surface area contributed by atoms with Crippen molar-refractivity contribution in [3.63, 3.8) is 0 Å². The van der Waals surface area contributed by atoms with E-state index in [4.69, 9.17) is 9.47 Å². The van der Waals surface area contributed by atoms with Gasteiger partial charge in [-0.2, -0.15) is 0 Å². The Balaban J connectivity index is 1.46. The van der Waals surface area contributed by atoms with Crippen LogP contribution in [0.25, 0.3) is 11.1 Å². The summed E-state index contributed by atoms with van der Waals surface area (Å²) in [6.07, 6.45) is 8.12. The Morgan fingerprint density at radius 3 is 2.30 bits per heavy atom. The molecule has 4 rings (SSSR count). The number of hydrogen-bond donors (Lipinski definition) is 0. The maximum absolute atomic E-state index is 13.5. The summed E-state index contributed by atoms with van der Waals surface area (Å²) in [6.45, 7) is 3.20. The highest BCUT2D eigenvalue weighted by Crippen LogP contribution is 2.44. The minimum atomic E-state index is -0.316. The van der Waals surface area contributed by atoms with Gasteiger partial charge in [-0.1, -0.05) is 74.7 Å². The molecule has 0 bridgehead atoms. The lowest BCUT2D eigenvalue weighted by molar-refractivity contribution is -0.145. The van der Waals surface area contributed by atoms with Gasteiger partial charge in [0, 0.05) is 31.7 Å². The maximum atomic E-state index is 13.5. The first-order valence-electron chi connectivity index (χ1n) is 13.9. The van der Waals surface area contributed by atoms with E-state index in [1.54, 1.807) is 0 Å². The maximum Gasteiger partial charge on any atom is 0.410 e. The molecule has 1 aliphatic heterocycles. The van der Waals surface area contributed by atoms with Crippen LogP contribution in [0.15, 0.2) is 48.5 Å². The Labute approximate surface area is 221 Å². The number of rotatable bonds is 4. The van der Waals surface area contributed by atoms with E-state index in [0.717, 1.165) is 51.4 Å². The predicted octanol–water partition coefficient (Wildman–Crippen LogP) is 7.09. The highest BCUT2D eigenvalue weighted by molar-refractivity contribution is 5.79. The fraction of sp³-hybridized carbons (Fsp3) is 0.500. The van der Waals surface area contributed by atoms with Crippen molar-refractivity contribution in [2.75, 3.05) is 19.8 Å². The van der Waals surface area contributed by atoms with Crippen molar-refractivity contribution in [1.29, 1.82) is 0 Å². The van der Waals surface area contributed by atoms with Gasteiger partial charge in [0.1, 0.15) is 13.2 Å². The number of amides is 1. The highest BCUT2D eigenvalue weighted by Gasteiger charge is 2.31. The number of esters is 1. The molecule has 0 aromatic heterocycles. The Morgan fingerprint density at radius 1 is 0.946 bits per heavy atom. The lowest BCUT2D eigenvalue weighted by Crippen LogP contribution is -2.44. The van der Waals surface area contributed by atoms with Crippen LogP contribution in [0, 0.1) is 11.8 Å². The van der Waals surface area contributed by atoms with Crippen molar-refractivity contribution in [3.8, 4) is 23.0 Å². The molecule has 0 saturated carbocycles. The van der Waals surface area contributed by atoms with E-state index in [9.17, 15) is 9.59 Å². The molecule has 0 spiro atoms. The minimum Gasteiger partial charge on any atom is -0.463 e. The Bertz CT molecular complexity index is 1070. The lowest BCUT2D eigenvalue weighted by atomic mass is 9.98. The molecule has 196 valence electrons. The highest BCUT2D eigenvalue weighted by atomic mass is 16.6. The number of carbonyl (C=O) groups excluding carboxylic acids is 2. The zero-order valence-corrected chi connectivity index (χ0v) is 22.0. The molecular weight excluding hydrogens is 462 g/mol. The summed E-state index contributed by atoms with van der Waals surface area (Å²) in [5.74, 6) is 6.17. The smallest absolute Gasteiger partial charge is 0.410 e. The van der Waals surface area contributed by atoms with E-state index in [2.05, 4.69) is 55.2 Å². The van der Waals surface area contributed by atoms with Gasteiger partial charge in [0.2, 0.25) is 0 Å². The molecule has 5 heteroatoms. The summed E-state index contributed by atoms with van der Waals surface area (Å²) in [5.41, 5.74) is 4.83. The van der Waals surface area contributed by atoms with Crippen molar-refractivity contribution in [3.05, 3.63) is 59.7 Å². The van der Waals surface area contributed by atoms with E-state index in [1.165, 1.54) is 22.3 Å². The van der Waals surface area contributed by atoms with Crippen molar-refractivity contribution >= 4 is 12.1 Å². The van der Waals surface area contributed by atoms with Gasteiger partial charge in [-0.25, -0.2) is 4.79 Å². The Morgan fingerprint density at radius 2 is 1.59 bits per heavy atom. The first-order valence-corrected chi connectivity index (χ1v) is 13.9. The van der Waals surface area contributed by atoms with Gasteiger partial charge in [0.05, 0.1) is 6.04 Å². The number of fused-ring (bicyclic) bond motifs is 3. The van der Waals surface area contributed by atoms with Gasteiger partial charge in [-0.3, -0.25) is 4.79 Å². The molecule has 37 heavy (non-hydrogen) atoms. The molecule has 2 aromatic rings. The average molecular weight is 502 g/mol. The van der Waals surface area contributed by atoms with Gasteiger partial charge in [-0.05, 0) is 47.9 Å². The number of carbonyl (C=O) groups is 2. The van der Waals surface area contributed by atoms with E-state index in [1.807, 2.05) is 17.0 Å². The van der Waals surface area contributed by atoms with Crippen molar-refractivity contribution < 1.29 is 19.1 Å². The number of benzene rings is 2. The van der Waals surface area contributed by atoms with Crippen LogP contribution in [-0.2, 0) is 14.3 Å². The second-order valence-electron chi connectivity index (χ2n) is 9.99. The molecule has 0 unspecified atom stereocenters. The number of ether oxygens (including phenoxy) is 2. The van der Waals surface area contributed by atoms with Gasteiger partial charge in [-0.15, -0.1) is 11.8 Å². The first-order chi connectivity index (χ1) is 18.2. The van der Waals surface area contributed by atoms with Gasteiger partial charge < -0.3 is 14.4 Å². The quantitative estimate of drug-likeness (QED) is 0.332. The number of hydrogen-bond acceptors (Lipinski definition) is 4. The normalized spacial score (nSPS) is 19.2. The zero-order valence-electron chi connectivity index (χ0n) is 22.0. The van der Waals surface area contributed by atoms with Crippen LogP contribution in [0.1, 0.15) is 88.2 Å². The predicted molar refractivity (Wildman–Crippen MR) is 146 cm³/mol. The van der Waals surface area contributed by atoms with E-state index < -0.39 is 0 Å². The molecule has 2 aromatic carbocycles. The average Bonchev–Trinajstić information content (AvgIpc) is 3.23. The summed E-state index contributed by atoms with van der Waals surface area (Å²) in [5, 5.41) is 0. The summed E-state index contributed by atoms with van der Waals surface area (Å²) in [7, 11) is 0. The van der Waals surface area contributed by atoms with Crippen LogP contribution in [0.2, 0.25) is 0 Å². The van der Waals surface area contributed by atoms with Crippen LogP contribution in [0.5, 0.6) is 0 Å². The van der Waals surface area contributed by atoms with Crippen LogP contribution in [0.4, 0.5) is 4.79 Å². The molecule has 5 nitrogen and oxygen atoms in total. The third-order valence-corrected chi connectivity index (χ3v) is 7.33. The standard InChI is InChI=1S/C32H39NO4/c1-2-16-25-23-36-31(34)21-10-8-6-4-3-5-7-9-15-22-33(25)32(35)37-24-30-28-19-13-11-17-26(28)27-18-12-14-20-29(27)30/h11-14,17-20,25,30H,2-3,5,7-10,15-16,21-24H2,1H3/t25-/m1/s1. The molecule has 1 aliphatic carbocycles. The summed E-state index contributed by atoms with van der Waals surface area (Å²) < 4.78 is 11.6. The molecule has 1 heterocycles. The van der Waals surface area contributed by atoms with E-state index >= 15 is 0 Å². The second kappa shape index (κ2) is 13.9. The fourth-order valence-electron chi connectivity index (χ4n) is 5.37. The van der Waals surface area contributed by atoms with Gasteiger partial charge in [0.15, 0.2) is 0 Å². The van der Waals surface area contributed by atoms with Crippen molar-refractivity contribution in [1.82, 2.24) is 4.90 Å². The Hall–Kier alpha value is -3.26. The molecule has 0 fully saturated rings. The third-order valence-electron chi connectivity index (χ3n) is 7.33. The third kappa shape index (κ3) is 7.16. The van der Waals surface area contributed by atoms with Crippen LogP contribution < -0.4 is 0 Å². The molecule has 0 saturated heterocycles. The molecular formula is C32H39NO4. The lowest BCUT2D eigenvalue weighted by Gasteiger charge is -2.31. The topological polar surface area (TPSA) is 55.8 Å². The summed E-state index contributed by atoms with van der Waals surface area (Å²) in [4.78, 5) is 27.7.